The van der Waals surface area contributed by atoms with E-state index >= 15 is 0 Å². The van der Waals surface area contributed by atoms with Crippen LogP contribution in [0, 0.1) is 13.8 Å². The second kappa shape index (κ2) is 11.9. The molecule has 6 nitrogen and oxygen atoms in total. The number of hydrogen-bond donors (Lipinski definition) is 0. The zero-order valence-corrected chi connectivity index (χ0v) is 25.5. The summed E-state index contributed by atoms with van der Waals surface area (Å²) in [7, 11) is -4.07. The minimum Gasteiger partial charge on any atom is -0.377 e. The molecule has 4 aromatic rings. The fraction of sp³-hybridized carbons (Fsp3) is 0.0667. The highest BCUT2D eigenvalue weighted by molar-refractivity contribution is 8.19. The van der Waals surface area contributed by atoms with Crippen molar-refractivity contribution in [2.45, 2.75) is 18.7 Å². The minimum absolute atomic E-state index is 0.00759. The molecule has 1 amide bonds. The fourth-order valence-electron chi connectivity index (χ4n) is 3.84. The van der Waals surface area contributed by atoms with E-state index in [0.29, 0.717) is 37.1 Å². The molecule has 0 N–H and O–H groups in total. The molecule has 208 valence electrons. The van der Waals surface area contributed by atoms with E-state index in [1.54, 1.807) is 48.5 Å². The Bertz CT molecular complexity index is 1840. The summed E-state index contributed by atoms with van der Waals surface area (Å²) in [5, 5.41) is 1.57. The van der Waals surface area contributed by atoms with Gasteiger partial charge in [0.1, 0.15) is 4.90 Å². The molecule has 0 aromatic heterocycles. The molecule has 1 aliphatic rings. The maximum Gasteiger partial charge on any atom is 0.339 e. The first-order valence-corrected chi connectivity index (χ1v) is 15.5. The maximum absolute atomic E-state index is 13.7. The summed E-state index contributed by atoms with van der Waals surface area (Å²) < 4.78 is 30.5. The highest BCUT2D eigenvalue weighted by atomic mass is 35.5. The monoisotopic (exact) mass is 642 g/mol. The van der Waals surface area contributed by atoms with E-state index in [4.69, 9.17) is 44.0 Å². The molecule has 0 atom stereocenters. The number of carbonyl (C=O) groups excluding carboxylic acids is 1. The second-order valence-corrected chi connectivity index (χ2v) is 12.8. The van der Waals surface area contributed by atoms with Gasteiger partial charge in [-0.2, -0.15) is 8.42 Å². The molecule has 0 radical (unpaired) electrons. The predicted octanol–water partition coefficient (Wildman–Crippen LogP) is 8.84. The molecule has 4 aromatic carbocycles. The summed E-state index contributed by atoms with van der Waals surface area (Å²) in [4.78, 5) is 20.3. The number of carbonyl (C=O) groups is 1. The molecule has 1 aliphatic heterocycles. The zero-order valence-electron chi connectivity index (χ0n) is 21.6. The number of aliphatic imine (C=N–C) groups is 1. The lowest BCUT2D eigenvalue weighted by atomic mass is 10.2. The minimum atomic E-state index is -4.07. The van der Waals surface area contributed by atoms with Crippen molar-refractivity contribution >= 4 is 85.2 Å². The molecule has 1 heterocycles. The predicted molar refractivity (Wildman–Crippen MR) is 168 cm³/mol. The van der Waals surface area contributed by atoms with Crippen molar-refractivity contribution < 1.29 is 17.4 Å². The van der Waals surface area contributed by atoms with Crippen LogP contribution in [0.3, 0.4) is 0 Å². The summed E-state index contributed by atoms with van der Waals surface area (Å²) >= 11 is 20.3. The van der Waals surface area contributed by atoms with Crippen molar-refractivity contribution in [2.24, 2.45) is 4.99 Å². The number of thioether (sulfide) groups is 1. The third-order valence-electron chi connectivity index (χ3n) is 6.09. The van der Waals surface area contributed by atoms with Crippen LogP contribution in [-0.4, -0.2) is 19.5 Å². The van der Waals surface area contributed by atoms with Crippen molar-refractivity contribution in [1.82, 2.24) is 0 Å². The smallest absolute Gasteiger partial charge is 0.339 e. The van der Waals surface area contributed by atoms with Gasteiger partial charge < -0.3 is 4.18 Å². The third-order valence-corrected chi connectivity index (χ3v) is 9.41. The van der Waals surface area contributed by atoms with Crippen LogP contribution in [0.1, 0.15) is 16.7 Å². The number of benzene rings is 4. The number of amidine groups is 1. The number of hydrogen-bond acceptors (Lipinski definition) is 6. The highest BCUT2D eigenvalue weighted by Crippen LogP contribution is 2.39. The van der Waals surface area contributed by atoms with Crippen LogP contribution in [0.5, 0.6) is 5.75 Å². The van der Waals surface area contributed by atoms with Gasteiger partial charge in [0.25, 0.3) is 5.91 Å². The lowest BCUT2D eigenvalue weighted by molar-refractivity contribution is -0.113. The van der Waals surface area contributed by atoms with Crippen LogP contribution in [0.15, 0.2) is 99.7 Å². The van der Waals surface area contributed by atoms with E-state index in [0.717, 1.165) is 11.1 Å². The van der Waals surface area contributed by atoms with E-state index in [1.807, 2.05) is 32.0 Å². The number of anilines is 1. The molecule has 1 fully saturated rings. The Morgan fingerprint density at radius 2 is 1.51 bits per heavy atom. The second-order valence-electron chi connectivity index (χ2n) is 9.05. The van der Waals surface area contributed by atoms with Crippen LogP contribution in [0.2, 0.25) is 15.1 Å². The average molecular weight is 644 g/mol. The van der Waals surface area contributed by atoms with Gasteiger partial charge >= 0.3 is 10.1 Å². The van der Waals surface area contributed by atoms with Gasteiger partial charge in [-0.3, -0.25) is 9.69 Å². The van der Waals surface area contributed by atoms with E-state index in [-0.39, 0.29) is 21.6 Å². The van der Waals surface area contributed by atoms with Crippen LogP contribution in [0.4, 0.5) is 11.4 Å². The molecular weight excluding hydrogens is 623 g/mol. The van der Waals surface area contributed by atoms with Crippen molar-refractivity contribution in [3.05, 3.63) is 122 Å². The SMILES string of the molecule is Cc1ccc(N=C2S/C(=C/c3ccc(OS(=O)(=O)c4ccccc4)c(Cl)c3)C(=O)N2c2ccc(C)c(Cl)c2)cc1Cl. The summed E-state index contributed by atoms with van der Waals surface area (Å²) in [6.07, 6.45) is 1.65. The van der Waals surface area contributed by atoms with E-state index in [9.17, 15) is 13.2 Å². The fourth-order valence-corrected chi connectivity index (χ4v) is 6.43. The van der Waals surface area contributed by atoms with Crippen molar-refractivity contribution in [1.29, 1.82) is 0 Å². The first-order valence-electron chi connectivity index (χ1n) is 12.2. The highest BCUT2D eigenvalue weighted by Gasteiger charge is 2.35. The molecule has 41 heavy (non-hydrogen) atoms. The lowest BCUT2D eigenvalue weighted by Gasteiger charge is -2.16. The summed E-state index contributed by atoms with van der Waals surface area (Å²) in [6.45, 7) is 3.77. The molecule has 5 rings (SSSR count). The number of rotatable bonds is 6. The first kappa shape index (κ1) is 29.2. The van der Waals surface area contributed by atoms with E-state index < -0.39 is 10.1 Å². The molecule has 1 saturated heterocycles. The van der Waals surface area contributed by atoms with Crippen molar-refractivity contribution in [3.63, 3.8) is 0 Å². The molecular formula is C30H21Cl3N2O4S2. The Kier molecular flexibility index (Phi) is 8.50. The average Bonchev–Trinajstić information content (AvgIpc) is 3.23. The maximum atomic E-state index is 13.7. The van der Waals surface area contributed by atoms with Gasteiger partial charge in [0.15, 0.2) is 10.9 Å². The van der Waals surface area contributed by atoms with Crippen molar-refractivity contribution in [2.75, 3.05) is 4.90 Å². The van der Waals surface area contributed by atoms with Gasteiger partial charge in [0, 0.05) is 10.0 Å². The molecule has 0 aliphatic carbocycles. The summed E-state index contributed by atoms with van der Waals surface area (Å²) in [6, 6.07) is 23.1. The number of halogens is 3. The van der Waals surface area contributed by atoms with Crippen molar-refractivity contribution in [3.8, 4) is 5.75 Å². The van der Waals surface area contributed by atoms with Gasteiger partial charge in [-0.05, 0) is 96.9 Å². The molecule has 0 saturated carbocycles. The van der Waals surface area contributed by atoms with E-state index in [1.165, 1.54) is 40.9 Å². The molecule has 0 unspecified atom stereocenters. The quantitative estimate of drug-likeness (QED) is 0.155. The number of nitrogens with zero attached hydrogens (tertiary/aromatic N) is 2. The van der Waals surface area contributed by atoms with E-state index in [2.05, 4.69) is 0 Å². The lowest BCUT2D eigenvalue weighted by Crippen LogP contribution is -2.28. The Morgan fingerprint density at radius 1 is 0.829 bits per heavy atom. The van der Waals surface area contributed by atoms with Crippen LogP contribution >= 0.6 is 46.6 Å². The van der Waals surface area contributed by atoms with Crippen LogP contribution in [0.25, 0.3) is 6.08 Å². The topological polar surface area (TPSA) is 76.0 Å². The molecule has 0 spiro atoms. The Labute approximate surface area is 257 Å². The third kappa shape index (κ3) is 6.47. The van der Waals surface area contributed by atoms with Crippen LogP contribution < -0.4 is 9.08 Å². The summed E-state index contributed by atoms with van der Waals surface area (Å²) in [5.74, 6) is -0.340. The number of aryl methyl sites for hydroxylation is 2. The van der Waals surface area contributed by atoms with Gasteiger partial charge in [-0.1, -0.05) is 71.2 Å². The zero-order chi connectivity index (χ0) is 29.3. The normalized spacial score (nSPS) is 15.6. The van der Waals surface area contributed by atoms with Gasteiger partial charge in [-0.25, -0.2) is 4.99 Å². The summed E-state index contributed by atoms with van der Waals surface area (Å²) in [5.41, 5.74) is 3.50. The number of amides is 1. The Hall–Kier alpha value is -3.27. The first-order chi connectivity index (χ1) is 19.5. The Morgan fingerprint density at radius 3 is 2.17 bits per heavy atom. The standard InChI is InChI=1S/C30H21Cl3N2O4S2/c1-18-8-11-21(16-24(18)31)34-30-35(22-12-9-19(2)25(32)17-22)29(36)28(40-30)15-20-10-13-27(26(33)14-20)39-41(37,38)23-6-4-3-5-7-23/h3-17H,1-2H3/b28-15+,34-30?. The van der Waals surface area contributed by atoms with Crippen LogP contribution in [-0.2, 0) is 14.9 Å². The van der Waals surface area contributed by atoms with Gasteiger partial charge in [0.05, 0.1) is 21.3 Å². The Balaban J connectivity index is 1.49. The van der Waals surface area contributed by atoms with Gasteiger partial charge in [0.2, 0.25) is 0 Å². The largest absolute Gasteiger partial charge is 0.377 e. The van der Waals surface area contributed by atoms with Gasteiger partial charge in [-0.15, -0.1) is 0 Å². The molecule has 0 bridgehead atoms. The molecule has 11 heteroatoms.